The minimum absolute atomic E-state index is 0.244. The maximum atomic E-state index is 12.4. The van der Waals surface area contributed by atoms with E-state index < -0.39 is 0 Å². The second kappa shape index (κ2) is 5.14. The number of ether oxygens (including phenoxy) is 1. The van der Waals surface area contributed by atoms with E-state index in [9.17, 15) is 4.79 Å². The first-order chi connectivity index (χ1) is 10.2. The summed E-state index contributed by atoms with van der Waals surface area (Å²) in [5.41, 5.74) is 1.47. The fourth-order valence-electron chi connectivity index (χ4n) is 2.12. The van der Waals surface area contributed by atoms with Crippen LogP contribution in [0.1, 0.15) is 21.7 Å². The number of carbonyl (C=O) groups is 1. The summed E-state index contributed by atoms with van der Waals surface area (Å²) in [6.07, 6.45) is 0. The molecule has 0 spiro atoms. The van der Waals surface area contributed by atoms with Crippen molar-refractivity contribution in [3.63, 3.8) is 0 Å². The number of carbonyl (C=O) groups excluding carboxylic acids is 1. The number of hydrogen-bond acceptors (Lipinski definition) is 4. The number of nitrogens with zero attached hydrogens (tertiary/aromatic N) is 1. The van der Waals surface area contributed by atoms with Gasteiger partial charge in [0.1, 0.15) is 11.3 Å². The highest BCUT2D eigenvalue weighted by atomic mass is 16.5. The lowest BCUT2D eigenvalue weighted by Crippen LogP contribution is -1.99. The highest BCUT2D eigenvalue weighted by molar-refractivity contribution is 6.09. The van der Waals surface area contributed by atoms with E-state index in [0.717, 1.165) is 5.39 Å². The van der Waals surface area contributed by atoms with Crippen molar-refractivity contribution in [3.8, 4) is 11.8 Å². The molecule has 0 aliphatic rings. The third-order valence-corrected chi connectivity index (χ3v) is 3.20. The lowest BCUT2D eigenvalue weighted by Gasteiger charge is -1.98. The van der Waals surface area contributed by atoms with Gasteiger partial charge in [-0.15, -0.1) is 0 Å². The molecule has 0 aliphatic carbocycles. The van der Waals surface area contributed by atoms with E-state index >= 15 is 0 Å². The van der Waals surface area contributed by atoms with Crippen LogP contribution in [0.2, 0.25) is 0 Å². The lowest BCUT2D eigenvalue weighted by atomic mass is 10.1. The molecule has 0 amide bonds. The van der Waals surface area contributed by atoms with E-state index in [-0.39, 0.29) is 11.5 Å². The molecule has 0 saturated heterocycles. The topological polar surface area (TPSA) is 63.2 Å². The van der Waals surface area contributed by atoms with Crippen LogP contribution < -0.4 is 4.74 Å². The van der Waals surface area contributed by atoms with Crippen molar-refractivity contribution < 1.29 is 13.9 Å². The molecule has 2 aromatic carbocycles. The van der Waals surface area contributed by atoms with Crippen molar-refractivity contribution in [1.82, 2.24) is 0 Å². The van der Waals surface area contributed by atoms with Gasteiger partial charge in [0.15, 0.2) is 5.76 Å². The molecule has 3 aromatic rings. The monoisotopic (exact) mass is 277 g/mol. The largest absolute Gasteiger partial charge is 0.497 e. The second-order valence-corrected chi connectivity index (χ2v) is 4.54. The molecule has 21 heavy (non-hydrogen) atoms. The lowest BCUT2D eigenvalue weighted by molar-refractivity contribution is 0.101. The van der Waals surface area contributed by atoms with Gasteiger partial charge in [0.05, 0.1) is 18.7 Å². The maximum Gasteiger partial charge on any atom is 0.228 e. The Bertz CT molecular complexity index is 871. The third kappa shape index (κ3) is 2.37. The van der Waals surface area contributed by atoms with E-state index in [1.807, 2.05) is 18.2 Å². The minimum atomic E-state index is -0.248. The van der Waals surface area contributed by atoms with Gasteiger partial charge in [0, 0.05) is 17.0 Å². The Labute approximate surface area is 121 Å². The molecular formula is C17H11NO3. The van der Waals surface area contributed by atoms with Crippen molar-refractivity contribution in [1.29, 1.82) is 5.26 Å². The van der Waals surface area contributed by atoms with Gasteiger partial charge < -0.3 is 9.15 Å². The second-order valence-electron chi connectivity index (χ2n) is 4.54. The summed E-state index contributed by atoms with van der Waals surface area (Å²) < 4.78 is 10.7. The molecule has 0 radical (unpaired) electrons. The van der Waals surface area contributed by atoms with Crippen molar-refractivity contribution in [2.24, 2.45) is 0 Å². The Balaban J connectivity index is 2.03. The summed E-state index contributed by atoms with van der Waals surface area (Å²) in [7, 11) is 1.57. The molecule has 0 unspecified atom stereocenters. The van der Waals surface area contributed by atoms with Gasteiger partial charge in [-0.25, -0.2) is 0 Å². The molecule has 0 saturated carbocycles. The zero-order valence-electron chi connectivity index (χ0n) is 11.3. The Morgan fingerprint density at radius 1 is 1.19 bits per heavy atom. The van der Waals surface area contributed by atoms with Crippen LogP contribution in [0.4, 0.5) is 0 Å². The number of ketones is 1. The van der Waals surface area contributed by atoms with Crippen LogP contribution in [0.5, 0.6) is 5.75 Å². The standard InChI is InChI=1S/C17H11NO3/c1-20-14-6-5-12-8-16(21-15(12)9-14)17(19)13-4-2-3-11(7-13)10-18/h2-9H,1H3. The zero-order chi connectivity index (χ0) is 14.8. The average Bonchev–Trinajstić information content (AvgIpc) is 2.97. The van der Waals surface area contributed by atoms with Crippen LogP contribution in [0.15, 0.2) is 52.9 Å². The van der Waals surface area contributed by atoms with Gasteiger partial charge in [0.25, 0.3) is 0 Å². The number of hydrogen-bond donors (Lipinski definition) is 0. The molecule has 4 heteroatoms. The number of benzene rings is 2. The van der Waals surface area contributed by atoms with Gasteiger partial charge in [-0.1, -0.05) is 12.1 Å². The molecule has 3 rings (SSSR count). The van der Waals surface area contributed by atoms with Gasteiger partial charge in [-0.2, -0.15) is 5.26 Å². The predicted molar refractivity (Wildman–Crippen MR) is 77.4 cm³/mol. The van der Waals surface area contributed by atoms with Crippen LogP contribution >= 0.6 is 0 Å². The summed E-state index contributed by atoms with van der Waals surface area (Å²) in [6.45, 7) is 0. The van der Waals surface area contributed by atoms with Crippen LogP contribution in [0.3, 0.4) is 0 Å². The first-order valence-electron chi connectivity index (χ1n) is 6.34. The van der Waals surface area contributed by atoms with Crippen LogP contribution in [0.25, 0.3) is 11.0 Å². The molecule has 0 N–H and O–H groups in total. The highest BCUT2D eigenvalue weighted by Gasteiger charge is 2.15. The SMILES string of the molecule is COc1ccc2cc(C(=O)c3cccc(C#N)c3)oc2c1. The molecule has 1 aromatic heterocycles. The number of nitriles is 1. The smallest absolute Gasteiger partial charge is 0.228 e. The molecule has 0 bridgehead atoms. The Kier molecular flexibility index (Phi) is 3.17. The van der Waals surface area contributed by atoms with E-state index in [0.29, 0.717) is 22.5 Å². The fraction of sp³-hybridized carbons (Fsp3) is 0.0588. The quantitative estimate of drug-likeness (QED) is 0.687. The van der Waals surface area contributed by atoms with Crippen LogP contribution in [-0.4, -0.2) is 12.9 Å². The van der Waals surface area contributed by atoms with Gasteiger partial charge in [-0.05, 0) is 30.3 Å². The molecule has 1 heterocycles. The van der Waals surface area contributed by atoms with Gasteiger partial charge in [0.2, 0.25) is 5.78 Å². The number of fused-ring (bicyclic) bond motifs is 1. The molecule has 0 aliphatic heterocycles. The summed E-state index contributed by atoms with van der Waals surface area (Å²) >= 11 is 0. The highest BCUT2D eigenvalue weighted by Crippen LogP contribution is 2.25. The average molecular weight is 277 g/mol. The van der Waals surface area contributed by atoms with Gasteiger partial charge in [-0.3, -0.25) is 4.79 Å². The van der Waals surface area contributed by atoms with Crippen molar-refractivity contribution in [2.75, 3.05) is 7.11 Å². The van der Waals surface area contributed by atoms with E-state index in [1.165, 1.54) is 0 Å². The molecule has 102 valence electrons. The summed E-state index contributed by atoms with van der Waals surface area (Å²) in [6, 6.07) is 15.6. The molecule has 4 nitrogen and oxygen atoms in total. The van der Waals surface area contributed by atoms with Crippen molar-refractivity contribution in [2.45, 2.75) is 0 Å². The number of methoxy groups -OCH3 is 1. The van der Waals surface area contributed by atoms with Crippen LogP contribution in [-0.2, 0) is 0 Å². The summed E-state index contributed by atoms with van der Waals surface area (Å²) in [5, 5.41) is 9.72. The van der Waals surface area contributed by atoms with Crippen molar-refractivity contribution in [3.05, 3.63) is 65.4 Å². The number of furan rings is 1. The Hall–Kier alpha value is -3.06. The van der Waals surface area contributed by atoms with Crippen molar-refractivity contribution >= 4 is 16.8 Å². The zero-order valence-corrected chi connectivity index (χ0v) is 11.3. The predicted octanol–water partition coefficient (Wildman–Crippen LogP) is 3.54. The molecular weight excluding hydrogens is 266 g/mol. The minimum Gasteiger partial charge on any atom is -0.497 e. The molecule has 0 fully saturated rings. The number of rotatable bonds is 3. The van der Waals surface area contributed by atoms with Gasteiger partial charge >= 0.3 is 0 Å². The van der Waals surface area contributed by atoms with E-state index in [4.69, 9.17) is 14.4 Å². The first-order valence-corrected chi connectivity index (χ1v) is 6.34. The fourth-order valence-corrected chi connectivity index (χ4v) is 2.12. The molecule has 0 atom stereocenters. The third-order valence-electron chi connectivity index (χ3n) is 3.20. The summed E-state index contributed by atoms with van der Waals surface area (Å²) in [5.74, 6) is 0.665. The Morgan fingerprint density at radius 3 is 2.81 bits per heavy atom. The maximum absolute atomic E-state index is 12.4. The van der Waals surface area contributed by atoms with Crippen LogP contribution in [0, 0.1) is 11.3 Å². The first kappa shape index (κ1) is 12.9. The van der Waals surface area contributed by atoms with E-state index in [2.05, 4.69) is 0 Å². The Morgan fingerprint density at radius 2 is 2.05 bits per heavy atom. The summed E-state index contributed by atoms with van der Waals surface area (Å²) in [4.78, 5) is 12.4. The normalized spacial score (nSPS) is 10.3. The van der Waals surface area contributed by atoms with E-state index in [1.54, 1.807) is 43.5 Å².